The lowest BCUT2D eigenvalue weighted by Crippen LogP contribution is -2.30. The van der Waals surface area contributed by atoms with Crippen LogP contribution >= 0.6 is 15.9 Å². The van der Waals surface area contributed by atoms with E-state index in [2.05, 4.69) is 35.1 Å². The van der Waals surface area contributed by atoms with Gasteiger partial charge in [0.05, 0.1) is 0 Å². The van der Waals surface area contributed by atoms with Gasteiger partial charge in [-0.15, -0.1) is 0 Å². The highest BCUT2D eigenvalue weighted by Crippen LogP contribution is 2.29. The van der Waals surface area contributed by atoms with Crippen molar-refractivity contribution in [2.45, 2.75) is 32.6 Å². The second-order valence-corrected chi connectivity index (χ2v) is 6.29. The van der Waals surface area contributed by atoms with Crippen LogP contribution in [0.15, 0.2) is 22.7 Å². The van der Waals surface area contributed by atoms with Gasteiger partial charge in [0.1, 0.15) is 5.75 Å². The first-order chi connectivity index (χ1) is 9.06. The molecule has 1 aliphatic carbocycles. The van der Waals surface area contributed by atoms with Crippen LogP contribution in [-0.4, -0.2) is 19.1 Å². The van der Waals surface area contributed by atoms with Crippen molar-refractivity contribution in [3.05, 3.63) is 28.2 Å². The Hall–Kier alpha value is -1.03. The highest BCUT2D eigenvalue weighted by molar-refractivity contribution is 9.10. The van der Waals surface area contributed by atoms with E-state index in [1.54, 1.807) is 0 Å². The lowest BCUT2D eigenvalue weighted by molar-refractivity contribution is -0.123. The summed E-state index contributed by atoms with van der Waals surface area (Å²) in [5.74, 6) is 1.81. The van der Waals surface area contributed by atoms with Crippen LogP contribution < -0.4 is 10.1 Å². The maximum absolute atomic E-state index is 11.7. The first-order valence-electron chi connectivity index (χ1n) is 6.75. The number of ether oxygens (including phenoxy) is 1. The zero-order valence-electron chi connectivity index (χ0n) is 11.4. The van der Waals surface area contributed by atoms with Crippen LogP contribution in [-0.2, 0) is 4.79 Å². The number of nitrogens with one attached hydrogen (secondary N) is 1. The molecule has 19 heavy (non-hydrogen) atoms. The molecule has 3 nitrogen and oxygen atoms in total. The van der Waals surface area contributed by atoms with Gasteiger partial charge in [0.25, 0.3) is 5.91 Å². The second-order valence-electron chi connectivity index (χ2n) is 5.37. The highest BCUT2D eigenvalue weighted by Gasteiger charge is 2.21. The number of hydrogen-bond acceptors (Lipinski definition) is 2. The van der Waals surface area contributed by atoms with E-state index in [4.69, 9.17) is 4.74 Å². The monoisotopic (exact) mass is 325 g/mol. The molecular formula is C15H20BrNO2. The molecule has 4 heteroatoms. The fraction of sp³-hybridized carbons (Fsp3) is 0.533. The Labute approximate surface area is 122 Å². The van der Waals surface area contributed by atoms with Gasteiger partial charge in [-0.05, 0) is 48.4 Å². The molecule has 0 spiro atoms. The van der Waals surface area contributed by atoms with Crippen molar-refractivity contribution < 1.29 is 9.53 Å². The summed E-state index contributed by atoms with van der Waals surface area (Å²) in [4.78, 5) is 11.7. The van der Waals surface area contributed by atoms with E-state index >= 15 is 0 Å². The summed E-state index contributed by atoms with van der Waals surface area (Å²) in [5, 5.41) is 2.90. The molecule has 0 radical (unpaired) electrons. The van der Waals surface area contributed by atoms with Gasteiger partial charge >= 0.3 is 0 Å². The van der Waals surface area contributed by atoms with Crippen molar-refractivity contribution >= 4 is 21.8 Å². The smallest absolute Gasteiger partial charge is 0.257 e. The van der Waals surface area contributed by atoms with E-state index in [1.165, 1.54) is 12.8 Å². The zero-order valence-corrected chi connectivity index (χ0v) is 13.0. The minimum atomic E-state index is -0.0375. The average Bonchev–Trinajstić information content (AvgIpc) is 3.18. The van der Waals surface area contributed by atoms with Crippen molar-refractivity contribution in [2.75, 3.05) is 13.2 Å². The van der Waals surface area contributed by atoms with Crippen LogP contribution in [0.3, 0.4) is 0 Å². The average molecular weight is 326 g/mol. The van der Waals surface area contributed by atoms with Crippen LogP contribution in [0, 0.1) is 5.92 Å². The molecule has 2 rings (SSSR count). The van der Waals surface area contributed by atoms with E-state index in [1.807, 2.05) is 18.2 Å². The molecule has 1 amide bonds. The summed E-state index contributed by atoms with van der Waals surface area (Å²) >= 11 is 3.46. The number of halogens is 1. The van der Waals surface area contributed by atoms with Gasteiger partial charge in [-0.3, -0.25) is 4.79 Å². The number of amides is 1. The minimum Gasteiger partial charge on any atom is -0.483 e. The summed E-state index contributed by atoms with van der Waals surface area (Å²) in [6, 6.07) is 5.89. The molecule has 0 atom stereocenters. The molecule has 1 N–H and O–H groups in total. The fourth-order valence-electron chi connectivity index (χ4n) is 1.88. The zero-order chi connectivity index (χ0) is 13.8. The molecule has 0 heterocycles. The lowest BCUT2D eigenvalue weighted by atomic mass is 10.0. The normalized spacial score (nSPS) is 14.5. The molecule has 0 bridgehead atoms. The van der Waals surface area contributed by atoms with E-state index in [9.17, 15) is 4.79 Å². The molecule has 104 valence electrons. The SMILES string of the molecule is CC(C)c1cc(Br)ccc1OCC(=O)NCC1CC1. The summed E-state index contributed by atoms with van der Waals surface area (Å²) in [6.45, 7) is 5.11. The number of hydrogen-bond donors (Lipinski definition) is 1. The Morgan fingerprint density at radius 2 is 2.21 bits per heavy atom. The van der Waals surface area contributed by atoms with Gasteiger partial charge < -0.3 is 10.1 Å². The summed E-state index contributed by atoms with van der Waals surface area (Å²) in [5.41, 5.74) is 1.12. The molecule has 1 saturated carbocycles. The predicted molar refractivity (Wildman–Crippen MR) is 79.5 cm³/mol. The van der Waals surface area contributed by atoms with Crippen LogP contribution in [0.5, 0.6) is 5.75 Å². The number of carbonyl (C=O) groups excluding carboxylic acids is 1. The highest BCUT2D eigenvalue weighted by atomic mass is 79.9. The molecule has 0 saturated heterocycles. The van der Waals surface area contributed by atoms with Crippen molar-refractivity contribution in [3.63, 3.8) is 0 Å². The molecule has 0 unspecified atom stereocenters. The quantitative estimate of drug-likeness (QED) is 0.869. The van der Waals surface area contributed by atoms with E-state index < -0.39 is 0 Å². The standard InChI is InChI=1S/C15H20BrNO2/c1-10(2)13-7-12(16)5-6-14(13)19-9-15(18)17-8-11-3-4-11/h5-7,10-11H,3-4,8-9H2,1-2H3,(H,17,18). The van der Waals surface area contributed by atoms with Crippen molar-refractivity contribution in [2.24, 2.45) is 5.92 Å². The third-order valence-electron chi connectivity index (χ3n) is 3.24. The second kappa shape index (κ2) is 6.42. The van der Waals surface area contributed by atoms with Crippen LogP contribution in [0.2, 0.25) is 0 Å². The van der Waals surface area contributed by atoms with Gasteiger partial charge in [-0.2, -0.15) is 0 Å². The first-order valence-corrected chi connectivity index (χ1v) is 7.54. The Morgan fingerprint density at radius 3 is 2.84 bits per heavy atom. The van der Waals surface area contributed by atoms with Crippen molar-refractivity contribution in [3.8, 4) is 5.75 Å². The predicted octanol–water partition coefficient (Wildman–Crippen LogP) is 3.48. The van der Waals surface area contributed by atoms with Gasteiger partial charge in [0, 0.05) is 11.0 Å². The minimum absolute atomic E-state index is 0.0375. The fourth-order valence-corrected chi connectivity index (χ4v) is 2.26. The lowest BCUT2D eigenvalue weighted by Gasteiger charge is -2.14. The third-order valence-corrected chi connectivity index (χ3v) is 3.73. The van der Waals surface area contributed by atoms with Crippen LogP contribution in [0.25, 0.3) is 0 Å². The van der Waals surface area contributed by atoms with Gasteiger partial charge in [-0.1, -0.05) is 29.8 Å². The topological polar surface area (TPSA) is 38.3 Å². The van der Waals surface area contributed by atoms with Crippen LogP contribution in [0.4, 0.5) is 0 Å². The third kappa shape index (κ3) is 4.53. The van der Waals surface area contributed by atoms with E-state index in [0.29, 0.717) is 11.8 Å². The number of benzene rings is 1. The van der Waals surface area contributed by atoms with Gasteiger partial charge in [0.15, 0.2) is 6.61 Å². The Morgan fingerprint density at radius 1 is 1.47 bits per heavy atom. The maximum Gasteiger partial charge on any atom is 0.257 e. The first kappa shape index (κ1) is 14.4. The summed E-state index contributed by atoms with van der Waals surface area (Å²) < 4.78 is 6.66. The molecular weight excluding hydrogens is 306 g/mol. The largest absolute Gasteiger partial charge is 0.483 e. The molecule has 0 aromatic heterocycles. The Balaban J connectivity index is 1.88. The Bertz CT molecular complexity index is 455. The summed E-state index contributed by atoms with van der Waals surface area (Å²) in [7, 11) is 0. The van der Waals surface area contributed by atoms with Crippen molar-refractivity contribution in [1.82, 2.24) is 5.32 Å². The molecule has 1 aromatic carbocycles. The number of carbonyl (C=O) groups is 1. The van der Waals surface area contributed by atoms with Crippen molar-refractivity contribution in [1.29, 1.82) is 0 Å². The molecule has 1 fully saturated rings. The molecule has 0 aliphatic heterocycles. The van der Waals surface area contributed by atoms with Gasteiger partial charge in [-0.25, -0.2) is 0 Å². The number of rotatable bonds is 6. The van der Waals surface area contributed by atoms with Gasteiger partial charge in [0.2, 0.25) is 0 Å². The van der Waals surface area contributed by atoms with Crippen LogP contribution in [0.1, 0.15) is 38.2 Å². The molecule has 1 aliphatic rings. The van der Waals surface area contributed by atoms with E-state index in [-0.39, 0.29) is 12.5 Å². The van der Waals surface area contributed by atoms with E-state index in [0.717, 1.165) is 22.3 Å². The Kier molecular flexibility index (Phi) is 4.86. The molecule has 1 aromatic rings. The summed E-state index contributed by atoms with van der Waals surface area (Å²) in [6.07, 6.45) is 2.48. The maximum atomic E-state index is 11.7.